The molecule has 0 unspecified atom stereocenters. The van der Waals surface area contributed by atoms with Crippen LogP contribution >= 0.6 is 0 Å². The second-order valence-corrected chi connectivity index (χ2v) is 6.51. The maximum absolute atomic E-state index is 13.0. The van der Waals surface area contributed by atoms with Crippen LogP contribution in [0.3, 0.4) is 0 Å². The lowest BCUT2D eigenvalue weighted by molar-refractivity contribution is 0.0600. The van der Waals surface area contributed by atoms with Crippen molar-refractivity contribution in [3.8, 4) is 5.75 Å². The minimum absolute atomic E-state index is 0.0587. The van der Waals surface area contributed by atoms with E-state index in [1.165, 1.54) is 7.11 Å². The number of carbonyl (C=O) groups is 2. The summed E-state index contributed by atoms with van der Waals surface area (Å²) >= 11 is 0. The van der Waals surface area contributed by atoms with E-state index in [9.17, 15) is 9.59 Å². The molecule has 2 aromatic carbocycles. The molecule has 4 rings (SSSR count). The van der Waals surface area contributed by atoms with E-state index in [0.29, 0.717) is 30.0 Å². The summed E-state index contributed by atoms with van der Waals surface area (Å²) in [5.41, 5.74) is 4.17. The predicted molar refractivity (Wildman–Crippen MR) is 101 cm³/mol. The van der Waals surface area contributed by atoms with Crippen LogP contribution in [0.25, 0.3) is 10.9 Å². The number of methoxy groups -OCH3 is 2. The molecule has 1 N–H and O–H groups in total. The van der Waals surface area contributed by atoms with Crippen LogP contribution < -0.4 is 4.74 Å². The first-order valence-corrected chi connectivity index (χ1v) is 8.76. The van der Waals surface area contributed by atoms with Gasteiger partial charge in [0.15, 0.2) is 0 Å². The van der Waals surface area contributed by atoms with Crippen LogP contribution in [0.5, 0.6) is 5.75 Å². The topological polar surface area (TPSA) is 71.6 Å². The van der Waals surface area contributed by atoms with Crippen LogP contribution in [-0.4, -0.2) is 42.5 Å². The third-order valence-electron chi connectivity index (χ3n) is 5.02. The molecular weight excluding hydrogens is 344 g/mol. The Balaban J connectivity index is 1.69. The van der Waals surface area contributed by atoms with Gasteiger partial charge < -0.3 is 19.4 Å². The smallest absolute Gasteiger partial charge is 0.337 e. The Morgan fingerprint density at radius 2 is 1.93 bits per heavy atom. The summed E-state index contributed by atoms with van der Waals surface area (Å²) < 4.78 is 10.2. The number of fused-ring (bicyclic) bond motifs is 3. The fraction of sp³-hybridized carbons (Fsp3) is 0.238. The molecule has 27 heavy (non-hydrogen) atoms. The minimum Gasteiger partial charge on any atom is -0.496 e. The summed E-state index contributed by atoms with van der Waals surface area (Å²) in [4.78, 5) is 30.1. The van der Waals surface area contributed by atoms with Crippen LogP contribution in [0.4, 0.5) is 0 Å². The van der Waals surface area contributed by atoms with Gasteiger partial charge in [-0.25, -0.2) is 4.79 Å². The quantitative estimate of drug-likeness (QED) is 0.725. The van der Waals surface area contributed by atoms with Gasteiger partial charge in [0.25, 0.3) is 5.91 Å². The van der Waals surface area contributed by atoms with Gasteiger partial charge in [0, 0.05) is 41.7 Å². The van der Waals surface area contributed by atoms with E-state index in [0.717, 1.165) is 28.6 Å². The number of nitrogens with one attached hydrogen (secondary N) is 1. The number of rotatable bonds is 3. The van der Waals surface area contributed by atoms with Crippen molar-refractivity contribution in [1.29, 1.82) is 0 Å². The zero-order valence-corrected chi connectivity index (χ0v) is 15.2. The fourth-order valence-corrected chi connectivity index (χ4v) is 3.62. The summed E-state index contributed by atoms with van der Waals surface area (Å²) in [5.74, 6) is 0.140. The van der Waals surface area contributed by atoms with E-state index >= 15 is 0 Å². The van der Waals surface area contributed by atoms with Crippen molar-refractivity contribution in [2.24, 2.45) is 0 Å². The highest BCUT2D eigenvalue weighted by atomic mass is 16.5. The van der Waals surface area contributed by atoms with Crippen LogP contribution in [-0.2, 0) is 17.7 Å². The fourth-order valence-electron chi connectivity index (χ4n) is 3.62. The number of ether oxygens (including phenoxy) is 2. The highest BCUT2D eigenvalue weighted by molar-refractivity contribution is 5.98. The number of benzene rings is 2. The summed E-state index contributed by atoms with van der Waals surface area (Å²) in [6, 6.07) is 12.7. The zero-order chi connectivity index (χ0) is 19.0. The van der Waals surface area contributed by atoms with Gasteiger partial charge in [0.2, 0.25) is 0 Å². The van der Waals surface area contributed by atoms with Crippen molar-refractivity contribution in [1.82, 2.24) is 9.88 Å². The molecule has 0 aliphatic carbocycles. The molecule has 6 heteroatoms. The highest BCUT2D eigenvalue weighted by Gasteiger charge is 2.26. The second kappa shape index (κ2) is 6.79. The first-order valence-electron chi connectivity index (χ1n) is 8.76. The molecule has 1 aromatic heterocycles. The van der Waals surface area contributed by atoms with Gasteiger partial charge in [-0.15, -0.1) is 0 Å². The lowest BCUT2D eigenvalue weighted by Crippen LogP contribution is -2.36. The molecule has 2 heterocycles. The van der Waals surface area contributed by atoms with Crippen molar-refractivity contribution in [2.75, 3.05) is 20.8 Å². The summed E-state index contributed by atoms with van der Waals surface area (Å²) in [6.45, 7) is 1.11. The molecule has 0 bridgehead atoms. The van der Waals surface area contributed by atoms with Crippen LogP contribution in [0.15, 0.2) is 42.5 Å². The Bertz CT molecular complexity index is 1040. The molecule has 0 fully saturated rings. The van der Waals surface area contributed by atoms with E-state index in [1.54, 1.807) is 25.3 Å². The maximum atomic E-state index is 13.0. The molecule has 0 radical (unpaired) electrons. The van der Waals surface area contributed by atoms with Crippen molar-refractivity contribution in [3.05, 3.63) is 64.8 Å². The summed E-state index contributed by atoms with van der Waals surface area (Å²) in [5, 5.41) is 0.949. The van der Waals surface area contributed by atoms with Gasteiger partial charge in [0.05, 0.1) is 25.3 Å². The number of hydrogen-bond donors (Lipinski definition) is 1. The Kier molecular flexibility index (Phi) is 4.32. The molecule has 0 saturated heterocycles. The van der Waals surface area contributed by atoms with Crippen LogP contribution in [0.1, 0.15) is 32.0 Å². The van der Waals surface area contributed by atoms with Gasteiger partial charge >= 0.3 is 5.97 Å². The third kappa shape index (κ3) is 2.93. The normalized spacial score (nSPS) is 13.3. The van der Waals surface area contributed by atoms with Crippen molar-refractivity contribution in [2.45, 2.75) is 13.0 Å². The first-order chi connectivity index (χ1) is 13.1. The Morgan fingerprint density at radius 3 is 2.70 bits per heavy atom. The van der Waals surface area contributed by atoms with Gasteiger partial charge in [-0.3, -0.25) is 4.79 Å². The lowest BCUT2D eigenvalue weighted by Gasteiger charge is -2.28. The molecule has 0 saturated carbocycles. The van der Waals surface area contributed by atoms with E-state index in [2.05, 4.69) is 4.98 Å². The molecule has 6 nitrogen and oxygen atoms in total. The highest BCUT2D eigenvalue weighted by Crippen LogP contribution is 2.30. The molecule has 3 aromatic rings. The average Bonchev–Trinajstić information content (AvgIpc) is 3.09. The minimum atomic E-state index is -0.371. The number of H-pyrrole nitrogens is 1. The largest absolute Gasteiger partial charge is 0.496 e. The Morgan fingerprint density at radius 1 is 1.11 bits per heavy atom. The molecule has 1 aliphatic rings. The summed E-state index contributed by atoms with van der Waals surface area (Å²) in [7, 11) is 2.93. The molecular formula is C21H20N2O4. The average molecular weight is 364 g/mol. The number of nitrogens with zero attached hydrogens (tertiary/aromatic N) is 1. The van der Waals surface area contributed by atoms with E-state index < -0.39 is 0 Å². The number of aromatic nitrogens is 1. The first kappa shape index (κ1) is 17.1. The maximum Gasteiger partial charge on any atom is 0.337 e. The van der Waals surface area contributed by atoms with E-state index in [1.807, 2.05) is 29.2 Å². The number of amides is 1. The van der Waals surface area contributed by atoms with Crippen LogP contribution in [0.2, 0.25) is 0 Å². The molecule has 0 spiro atoms. The number of esters is 1. The van der Waals surface area contributed by atoms with Crippen molar-refractivity contribution in [3.63, 3.8) is 0 Å². The molecule has 138 valence electrons. The zero-order valence-electron chi connectivity index (χ0n) is 15.2. The third-order valence-corrected chi connectivity index (χ3v) is 5.02. The predicted octanol–water partition coefficient (Wildman–Crippen LogP) is 3.16. The monoisotopic (exact) mass is 364 g/mol. The lowest BCUT2D eigenvalue weighted by atomic mass is 10.0. The number of para-hydroxylation sites is 1. The van der Waals surface area contributed by atoms with Crippen molar-refractivity contribution >= 4 is 22.8 Å². The standard InChI is InChI=1S/C21H20N2O4/c1-26-19-6-4-3-5-14(19)20(24)23-10-9-18-16(12-23)15-11-13(21(25)27-2)7-8-17(15)22-18/h3-8,11,22H,9-10,12H2,1-2H3. The Hall–Kier alpha value is -3.28. The van der Waals surface area contributed by atoms with E-state index in [-0.39, 0.29) is 11.9 Å². The van der Waals surface area contributed by atoms with E-state index in [4.69, 9.17) is 9.47 Å². The van der Waals surface area contributed by atoms with Crippen LogP contribution in [0, 0.1) is 0 Å². The Labute approximate surface area is 156 Å². The number of hydrogen-bond acceptors (Lipinski definition) is 4. The molecule has 0 atom stereocenters. The number of aromatic amines is 1. The number of carbonyl (C=O) groups excluding carboxylic acids is 2. The SMILES string of the molecule is COC(=O)c1ccc2[nH]c3c(c2c1)CN(C(=O)c1ccccc1OC)CC3. The van der Waals surface area contributed by atoms with Gasteiger partial charge in [-0.05, 0) is 30.3 Å². The van der Waals surface area contributed by atoms with Gasteiger partial charge in [-0.1, -0.05) is 12.1 Å². The second-order valence-electron chi connectivity index (χ2n) is 6.51. The van der Waals surface area contributed by atoms with Gasteiger partial charge in [0.1, 0.15) is 5.75 Å². The molecule has 1 aliphatic heterocycles. The van der Waals surface area contributed by atoms with Crippen molar-refractivity contribution < 1.29 is 19.1 Å². The van der Waals surface area contributed by atoms with Gasteiger partial charge in [-0.2, -0.15) is 0 Å². The molecule has 1 amide bonds. The summed E-state index contributed by atoms with van der Waals surface area (Å²) in [6.07, 6.45) is 0.735.